The van der Waals surface area contributed by atoms with Gasteiger partial charge in [0.15, 0.2) is 0 Å². The lowest BCUT2D eigenvalue weighted by molar-refractivity contribution is -0.138. The minimum atomic E-state index is -1.02. The standard InChI is InChI=1S/C12H20N2O3/c1-5-7-13(8-6-2)12(17)14(10(3)4)9-11(15)16/h1,10H,6-9H2,2-4H3,(H,15,16). The molecule has 0 saturated carbocycles. The Bertz CT molecular complexity index is 307. The third-order valence-corrected chi connectivity index (χ3v) is 2.22. The summed E-state index contributed by atoms with van der Waals surface area (Å²) < 4.78 is 0. The molecule has 0 spiro atoms. The van der Waals surface area contributed by atoms with Gasteiger partial charge in [-0.2, -0.15) is 0 Å². The molecule has 1 N–H and O–H groups in total. The van der Waals surface area contributed by atoms with Gasteiger partial charge >= 0.3 is 12.0 Å². The largest absolute Gasteiger partial charge is 0.480 e. The van der Waals surface area contributed by atoms with Crippen LogP contribution in [0.1, 0.15) is 27.2 Å². The molecule has 0 atom stereocenters. The number of terminal acetylenes is 1. The van der Waals surface area contributed by atoms with Crippen molar-refractivity contribution >= 4 is 12.0 Å². The Morgan fingerprint density at radius 1 is 1.41 bits per heavy atom. The van der Waals surface area contributed by atoms with Crippen LogP contribution in [0.4, 0.5) is 4.79 Å². The molecule has 2 amide bonds. The van der Waals surface area contributed by atoms with Gasteiger partial charge in [0.1, 0.15) is 6.54 Å². The van der Waals surface area contributed by atoms with Crippen LogP contribution in [-0.4, -0.2) is 52.6 Å². The van der Waals surface area contributed by atoms with Crippen molar-refractivity contribution < 1.29 is 14.7 Å². The van der Waals surface area contributed by atoms with Gasteiger partial charge in [-0.25, -0.2) is 4.79 Å². The van der Waals surface area contributed by atoms with Gasteiger partial charge in [-0.15, -0.1) is 6.42 Å². The molecular formula is C12H20N2O3. The lowest BCUT2D eigenvalue weighted by atomic mass is 10.3. The molecule has 17 heavy (non-hydrogen) atoms. The Labute approximate surface area is 102 Å². The summed E-state index contributed by atoms with van der Waals surface area (Å²) >= 11 is 0. The highest BCUT2D eigenvalue weighted by atomic mass is 16.4. The van der Waals surface area contributed by atoms with Crippen molar-refractivity contribution in [1.29, 1.82) is 0 Å². The Kier molecular flexibility index (Phi) is 6.80. The maximum absolute atomic E-state index is 12.1. The van der Waals surface area contributed by atoms with Crippen molar-refractivity contribution in [3.8, 4) is 12.3 Å². The van der Waals surface area contributed by atoms with Gasteiger partial charge in [0.05, 0.1) is 6.54 Å². The number of nitrogens with zero attached hydrogens (tertiary/aromatic N) is 2. The van der Waals surface area contributed by atoms with E-state index >= 15 is 0 Å². The maximum atomic E-state index is 12.1. The molecule has 0 unspecified atom stereocenters. The lowest BCUT2D eigenvalue weighted by Crippen LogP contribution is -2.48. The van der Waals surface area contributed by atoms with Gasteiger partial charge in [0.2, 0.25) is 0 Å². The fraction of sp³-hybridized carbons (Fsp3) is 0.667. The molecule has 0 fully saturated rings. The van der Waals surface area contributed by atoms with Gasteiger partial charge in [0.25, 0.3) is 0 Å². The van der Waals surface area contributed by atoms with E-state index < -0.39 is 5.97 Å². The van der Waals surface area contributed by atoms with Crippen LogP contribution < -0.4 is 0 Å². The molecule has 0 bridgehead atoms. The molecule has 0 aromatic rings. The number of carbonyl (C=O) groups is 2. The minimum Gasteiger partial charge on any atom is -0.480 e. The van der Waals surface area contributed by atoms with Gasteiger partial charge in [-0.3, -0.25) is 4.79 Å². The number of aliphatic carboxylic acids is 1. The van der Waals surface area contributed by atoms with E-state index in [9.17, 15) is 9.59 Å². The van der Waals surface area contributed by atoms with Crippen molar-refractivity contribution in [2.45, 2.75) is 33.2 Å². The molecule has 0 aliphatic heterocycles. The first-order valence-electron chi connectivity index (χ1n) is 5.64. The number of hydrogen-bond donors (Lipinski definition) is 1. The SMILES string of the molecule is C#CCN(CCC)C(=O)N(CC(=O)O)C(C)C. The van der Waals surface area contributed by atoms with E-state index in [0.717, 1.165) is 6.42 Å². The van der Waals surface area contributed by atoms with E-state index in [1.807, 2.05) is 6.92 Å². The summed E-state index contributed by atoms with van der Waals surface area (Å²) in [5.41, 5.74) is 0. The van der Waals surface area contributed by atoms with Crippen molar-refractivity contribution in [1.82, 2.24) is 9.80 Å². The van der Waals surface area contributed by atoms with Crippen LogP contribution in [0.2, 0.25) is 0 Å². The second-order valence-electron chi connectivity index (χ2n) is 4.02. The monoisotopic (exact) mass is 240 g/mol. The molecule has 0 rings (SSSR count). The van der Waals surface area contributed by atoms with Crippen molar-refractivity contribution in [2.75, 3.05) is 19.6 Å². The fourth-order valence-corrected chi connectivity index (χ4v) is 1.42. The first-order chi connectivity index (χ1) is 7.93. The number of carboxylic acids is 1. The first kappa shape index (κ1) is 15.3. The third-order valence-electron chi connectivity index (χ3n) is 2.22. The number of urea groups is 1. The number of carboxylic acid groups (broad SMARTS) is 1. The summed E-state index contributed by atoms with van der Waals surface area (Å²) in [6.45, 7) is 5.93. The minimum absolute atomic E-state index is 0.171. The third kappa shape index (κ3) is 5.25. The van der Waals surface area contributed by atoms with Crippen molar-refractivity contribution in [3.63, 3.8) is 0 Å². The molecule has 0 aromatic heterocycles. The lowest BCUT2D eigenvalue weighted by Gasteiger charge is -2.31. The zero-order valence-electron chi connectivity index (χ0n) is 10.6. The van der Waals surface area contributed by atoms with E-state index in [4.69, 9.17) is 11.5 Å². The Morgan fingerprint density at radius 2 is 2.00 bits per heavy atom. The molecule has 0 aliphatic carbocycles. The Balaban J connectivity index is 4.77. The van der Waals surface area contributed by atoms with Crippen LogP contribution in [0.15, 0.2) is 0 Å². The smallest absolute Gasteiger partial charge is 0.323 e. The van der Waals surface area contributed by atoms with Gasteiger partial charge in [-0.1, -0.05) is 12.8 Å². The van der Waals surface area contributed by atoms with Crippen LogP contribution in [-0.2, 0) is 4.79 Å². The predicted octanol–water partition coefficient (Wildman–Crippen LogP) is 1.25. The quantitative estimate of drug-likeness (QED) is 0.711. The van der Waals surface area contributed by atoms with Crippen molar-refractivity contribution in [3.05, 3.63) is 0 Å². The van der Waals surface area contributed by atoms with E-state index in [2.05, 4.69) is 5.92 Å². The summed E-state index contributed by atoms with van der Waals surface area (Å²) in [5, 5.41) is 8.77. The topological polar surface area (TPSA) is 60.9 Å². The van der Waals surface area contributed by atoms with E-state index in [-0.39, 0.29) is 25.2 Å². The normalized spacial score (nSPS) is 9.82. The molecule has 0 aromatic carbocycles. The highest BCUT2D eigenvalue weighted by Crippen LogP contribution is 2.05. The molecular weight excluding hydrogens is 220 g/mol. The zero-order valence-corrected chi connectivity index (χ0v) is 10.6. The van der Waals surface area contributed by atoms with Crippen LogP contribution in [0.25, 0.3) is 0 Å². The summed E-state index contributed by atoms with van der Waals surface area (Å²) in [5.74, 6) is 1.39. The van der Waals surface area contributed by atoms with Crippen LogP contribution in [0, 0.1) is 12.3 Å². The Morgan fingerprint density at radius 3 is 2.35 bits per heavy atom. The Hall–Kier alpha value is -1.70. The van der Waals surface area contributed by atoms with E-state index in [0.29, 0.717) is 6.54 Å². The molecule has 0 radical (unpaired) electrons. The summed E-state index contributed by atoms with van der Waals surface area (Å²) in [7, 11) is 0. The molecule has 5 nitrogen and oxygen atoms in total. The van der Waals surface area contributed by atoms with Crippen LogP contribution >= 0.6 is 0 Å². The summed E-state index contributed by atoms with van der Waals surface area (Å²) in [6, 6.07) is -0.488. The second kappa shape index (κ2) is 7.55. The molecule has 5 heteroatoms. The second-order valence-corrected chi connectivity index (χ2v) is 4.02. The fourth-order valence-electron chi connectivity index (χ4n) is 1.42. The van der Waals surface area contributed by atoms with Crippen LogP contribution in [0.5, 0.6) is 0 Å². The number of hydrogen-bond acceptors (Lipinski definition) is 2. The number of rotatable bonds is 6. The molecule has 96 valence electrons. The summed E-state index contributed by atoms with van der Waals surface area (Å²) in [6.07, 6.45) is 5.98. The molecule has 0 aliphatic rings. The molecule has 0 saturated heterocycles. The van der Waals surface area contributed by atoms with Crippen molar-refractivity contribution in [2.24, 2.45) is 0 Å². The number of amides is 2. The maximum Gasteiger partial charge on any atom is 0.323 e. The first-order valence-corrected chi connectivity index (χ1v) is 5.64. The number of carbonyl (C=O) groups excluding carboxylic acids is 1. The van der Waals surface area contributed by atoms with E-state index in [1.165, 1.54) is 9.80 Å². The highest BCUT2D eigenvalue weighted by molar-refractivity contribution is 5.80. The summed E-state index contributed by atoms with van der Waals surface area (Å²) in [4.78, 5) is 25.6. The average Bonchev–Trinajstić information content (AvgIpc) is 2.24. The highest BCUT2D eigenvalue weighted by Gasteiger charge is 2.24. The van der Waals surface area contributed by atoms with Gasteiger partial charge < -0.3 is 14.9 Å². The molecule has 0 heterocycles. The van der Waals surface area contributed by atoms with Gasteiger partial charge in [-0.05, 0) is 20.3 Å². The van der Waals surface area contributed by atoms with E-state index in [1.54, 1.807) is 13.8 Å². The zero-order chi connectivity index (χ0) is 13.4. The predicted molar refractivity (Wildman–Crippen MR) is 65.6 cm³/mol. The van der Waals surface area contributed by atoms with Crippen LogP contribution in [0.3, 0.4) is 0 Å². The average molecular weight is 240 g/mol. The van der Waals surface area contributed by atoms with Gasteiger partial charge in [0, 0.05) is 12.6 Å².